The first-order valence-electron chi connectivity index (χ1n) is 5.30. The van der Waals surface area contributed by atoms with Gasteiger partial charge in [0.1, 0.15) is 0 Å². The number of hydrogen-bond acceptors (Lipinski definition) is 3. The third-order valence-corrected chi connectivity index (χ3v) is 2.73. The lowest BCUT2D eigenvalue weighted by molar-refractivity contribution is -0.136. The second-order valence-electron chi connectivity index (χ2n) is 4.40. The van der Waals surface area contributed by atoms with Gasteiger partial charge in [-0.1, -0.05) is 6.92 Å². The highest BCUT2D eigenvalue weighted by molar-refractivity contribution is 5.74. The molecule has 1 N–H and O–H groups in total. The Hall–Kier alpha value is -0.610. The lowest BCUT2D eigenvalue weighted by Crippen LogP contribution is -2.50. The second kappa shape index (κ2) is 6.08. The van der Waals surface area contributed by atoms with Crippen molar-refractivity contribution in [2.45, 2.75) is 45.8 Å². The Morgan fingerprint density at radius 1 is 1.53 bits per heavy atom. The van der Waals surface area contributed by atoms with E-state index < -0.39 is 6.10 Å². The average Bonchev–Trinajstić information content (AvgIpc) is 2.14. The molecule has 0 aliphatic rings. The van der Waals surface area contributed by atoms with Crippen LogP contribution in [-0.4, -0.2) is 47.8 Å². The summed E-state index contributed by atoms with van der Waals surface area (Å²) in [6.45, 7) is 8.12. The highest BCUT2D eigenvalue weighted by atomic mass is 16.5. The molecular weight excluding hydrogens is 194 g/mol. The van der Waals surface area contributed by atoms with Crippen LogP contribution in [0.3, 0.4) is 0 Å². The fourth-order valence-electron chi connectivity index (χ4n) is 1.45. The van der Waals surface area contributed by atoms with Gasteiger partial charge in [-0.05, 0) is 20.3 Å². The molecule has 0 saturated heterocycles. The lowest BCUT2D eigenvalue weighted by atomic mass is 9.98. The van der Waals surface area contributed by atoms with Crippen LogP contribution < -0.4 is 0 Å². The van der Waals surface area contributed by atoms with E-state index in [4.69, 9.17) is 4.74 Å². The van der Waals surface area contributed by atoms with Crippen LogP contribution in [0, 0.1) is 0 Å². The minimum atomic E-state index is -0.621. The Kier molecular flexibility index (Phi) is 5.83. The van der Waals surface area contributed by atoms with Crippen molar-refractivity contribution in [3.63, 3.8) is 0 Å². The number of aliphatic hydroxyl groups is 1. The largest absolute Gasteiger partial charge is 0.389 e. The van der Waals surface area contributed by atoms with Crippen LogP contribution >= 0.6 is 0 Å². The van der Waals surface area contributed by atoms with Gasteiger partial charge in [0.25, 0.3) is 0 Å². The molecule has 90 valence electrons. The molecule has 0 aromatic rings. The number of aliphatic hydroxyl groups excluding tert-OH is 1. The average molecular weight is 217 g/mol. The third kappa shape index (κ3) is 4.62. The van der Waals surface area contributed by atoms with Crippen LogP contribution in [0.5, 0.6) is 0 Å². The number of β-amino-alcohol motifs (C(OH)–C–C–N with tert-alkyl or cyclic N) is 1. The molecule has 1 atom stereocenters. The maximum absolute atomic E-state index is 11.5. The van der Waals surface area contributed by atoms with Crippen molar-refractivity contribution >= 4 is 5.91 Å². The number of rotatable bonds is 6. The van der Waals surface area contributed by atoms with Gasteiger partial charge in [-0.3, -0.25) is 4.79 Å². The normalized spacial score (nSPS) is 13.7. The van der Waals surface area contributed by atoms with Gasteiger partial charge in [-0.15, -0.1) is 0 Å². The summed E-state index contributed by atoms with van der Waals surface area (Å²) in [5.74, 6) is -0.0167. The third-order valence-electron chi connectivity index (χ3n) is 2.73. The Bertz CT molecular complexity index is 204. The van der Waals surface area contributed by atoms with E-state index in [1.807, 2.05) is 20.8 Å². The number of methoxy groups -OCH3 is 1. The molecule has 15 heavy (non-hydrogen) atoms. The monoisotopic (exact) mass is 217 g/mol. The molecule has 1 unspecified atom stereocenters. The summed E-state index contributed by atoms with van der Waals surface area (Å²) in [5.41, 5.74) is -0.222. The summed E-state index contributed by atoms with van der Waals surface area (Å²) in [5, 5.41) is 9.61. The summed E-state index contributed by atoms with van der Waals surface area (Å²) >= 11 is 0. The van der Waals surface area contributed by atoms with Crippen molar-refractivity contribution in [2.24, 2.45) is 0 Å². The van der Waals surface area contributed by atoms with E-state index in [0.717, 1.165) is 6.42 Å². The zero-order chi connectivity index (χ0) is 12.1. The molecular formula is C11H23NO3. The Balaban J connectivity index is 4.48. The molecule has 0 spiro atoms. The molecule has 0 radical (unpaired) electrons. The van der Waals surface area contributed by atoms with E-state index in [0.29, 0.717) is 6.54 Å². The van der Waals surface area contributed by atoms with Crippen molar-refractivity contribution in [1.82, 2.24) is 4.90 Å². The molecule has 0 aliphatic carbocycles. The quantitative estimate of drug-likeness (QED) is 0.723. The van der Waals surface area contributed by atoms with E-state index in [1.54, 1.807) is 4.90 Å². The standard InChI is InChI=1S/C11H23NO3/c1-6-11(3,4)12(9(2)13)7-10(14)8-15-5/h10,14H,6-8H2,1-5H3. The van der Waals surface area contributed by atoms with E-state index in [2.05, 4.69) is 0 Å². The fraction of sp³-hybridized carbons (Fsp3) is 0.909. The number of ether oxygens (including phenoxy) is 1. The second-order valence-corrected chi connectivity index (χ2v) is 4.40. The highest BCUT2D eigenvalue weighted by Crippen LogP contribution is 2.18. The predicted molar refractivity (Wildman–Crippen MR) is 59.6 cm³/mol. The molecule has 0 aliphatic heterocycles. The van der Waals surface area contributed by atoms with Crippen LogP contribution in [-0.2, 0) is 9.53 Å². The zero-order valence-corrected chi connectivity index (χ0v) is 10.4. The first kappa shape index (κ1) is 14.4. The van der Waals surface area contributed by atoms with E-state index in [1.165, 1.54) is 14.0 Å². The first-order valence-corrected chi connectivity index (χ1v) is 5.30. The van der Waals surface area contributed by atoms with Crippen molar-refractivity contribution in [2.75, 3.05) is 20.3 Å². The summed E-state index contributed by atoms with van der Waals surface area (Å²) in [6.07, 6.45) is 0.233. The molecule has 0 aromatic heterocycles. The van der Waals surface area contributed by atoms with E-state index >= 15 is 0 Å². The van der Waals surface area contributed by atoms with Crippen molar-refractivity contribution in [3.8, 4) is 0 Å². The van der Waals surface area contributed by atoms with Gasteiger partial charge in [-0.25, -0.2) is 0 Å². The van der Waals surface area contributed by atoms with Gasteiger partial charge >= 0.3 is 0 Å². The van der Waals surface area contributed by atoms with Crippen molar-refractivity contribution < 1.29 is 14.6 Å². The molecule has 0 aromatic carbocycles. The molecule has 0 bridgehead atoms. The highest BCUT2D eigenvalue weighted by Gasteiger charge is 2.28. The van der Waals surface area contributed by atoms with Crippen molar-refractivity contribution in [1.29, 1.82) is 0 Å². The smallest absolute Gasteiger partial charge is 0.219 e. The summed E-state index contributed by atoms with van der Waals surface area (Å²) in [7, 11) is 1.53. The van der Waals surface area contributed by atoms with E-state index in [9.17, 15) is 9.90 Å². The number of carbonyl (C=O) groups is 1. The maximum atomic E-state index is 11.5. The molecule has 0 heterocycles. The minimum absolute atomic E-state index is 0.0167. The molecule has 0 saturated carbocycles. The maximum Gasteiger partial charge on any atom is 0.219 e. The molecule has 4 heteroatoms. The van der Waals surface area contributed by atoms with Gasteiger partial charge in [-0.2, -0.15) is 0 Å². The van der Waals surface area contributed by atoms with Crippen molar-refractivity contribution in [3.05, 3.63) is 0 Å². The molecule has 1 amide bonds. The zero-order valence-electron chi connectivity index (χ0n) is 10.4. The molecule has 4 nitrogen and oxygen atoms in total. The van der Waals surface area contributed by atoms with Gasteiger partial charge in [0.15, 0.2) is 0 Å². The SMILES string of the molecule is CCC(C)(C)N(CC(O)COC)C(C)=O. The molecule has 0 rings (SSSR count). The van der Waals surface area contributed by atoms with Crippen LogP contribution in [0.1, 0.15) is 34.1 Å². The fourth-order valence-corrected chi connectivity index (χ4v) is 1.45. The number of amides is 1. The molecule has 0 fully saturated rings. The summed E-state index contributed by atoms with van der Waals surface area (Å²) in [6, 6.07) is 0. The number of nitrogens with zero attached hydrogens (tertiary/aromatic N) is 1. The first-order chi connectivity index (χ1) is 6.85. The number of carbonyl (C=O) groups excluding carboxylic acids is 1. The Morgan fingerprint density at radius 3 is 2.40 bits per heavy atom. The van der Waals surface area contributed by atoms with Crippen LogP contribution in [0.15, 0.2) is 0 Å². The Labute approximate surface area is 92.2 Å². The predicted octanol–water partition coefficient (Wildman–Crippen LogP) is 1.03. The van der Waals surface area contributed by atoms with Gasteiger partial charge in [0.05, 0.1) is 12.7 Å². The lowest BCUT2D eigenvalue weighted by Gasteiger charge is -2.38. The topological polar surface area (TPSA) is 49.8 Å². The van der Waals surface area contributed by atoms with Crippen LogP contribution in [0.2, 0.25) is 0 Å². The van der Waals surface area contributed by atoms with Crippen LogP contribution in [0.4, 0.5) is 0 Å². The Morgan fingerprint density at radius 2 is 2.07 bits per heavy atom. The van der Waals surface area contributed by atoms with Crippen LogP contribution in [0.25, 0.3) is 0 Å². The van der Waals surface area contributed by atoms with Gasteiger partial charge < -0.3 is 14.7 Å². The summed E-state index contributed by atoms with van der Waals surface area (Å²) in [4.78, 5) is 13.2. The van der Waals surface area contributed by atoms with Gasteiger partial charge in [0, 0.05) is 26.1 Å². The van der Waals surface area contributed by atoms with E-state index in [-0.39, 0.29) is 18.1 Å². The number of hydrogen-bond donors (Lipinski definition) is 1. The van der Waals surface area contributed by atoms with Gasteiger partial charge in [0.2, 0.25) is 5.91 Å². The summed E-state index contributed by atoms with van der Waals surface area (Å²) < 4.78 is 4.84. The minimum Gasteiger partial charge on any atom is -0.389 e.